The molecule has 0 fully saturated rings. The van der Waals surface area contributed by atoms with Gasteiger partial charge in [0.1, 0.15) is 0 Å². The van der Waals surface area contributed by atoms with Crippen LogP contribution in [0.2, 0.25) is 0 Å². The maximum atomic E-state index is 2.70. The fourth-order valence-corrected chi connectivity index (χ4v) is 11.6. The van der Waals surface area contributed by atoms with Crippen LogP contribution < -0.4 is 0 Å². The van der Waals surface area contributed by atoms with E-state index < -0.39 is 7.87 Å². The van der Waals surface area contributed by atoms with Crippen LogP contribution in [0.15, 0.2) is 0 Å². The van der Waals surface area contributed by atoms with Gasteiger partial charge in [0.05, 0.1) is 0 Å². The summed E-state index contributed by atoms with van der Waals surface area (Å²) in [6, 6.07) is 0. The second kappa shape index (κ2) is 19.7. The lowest BCUT2D eigenvalue weighted by molar-refractivity contribution is 0.187. The van der Waals surface area contributed by atoms with Gasteiger partial charge in [-0.2, -0.15) is 0 Å². The van der Waals surface area contributed by atoms with Crippen molar-refractivity contribution in [3.63, 3.8) is 0 Å². The summed E-state index contributed by atoms with van der Waals surface area (Å²) < 4.78 is 10.1. The van der Waals surface area contributed by atoms with Crippen molar-refractivity contribution in [2.24, 2.45) is 28.1 Å². The third-order valence-corrected chi connectivity index (χ3v) is 14.3. The Morgan fingerprint density at radius 3 is 1.31 bits per heavy atom. The maximum absolute atomic E-state index is 2.70. The first-order valence-electron chi connectivity index (χ1n) is 17.8. The Kier molecular flexibility index (Phi) is 19.8. The zero-order valence-corrected chi connectivity index (χ0v) is 33.1. The van der Waals surface area contributed by atoms with Crippen LogP contribution in [-0.2, 0) is 0 Å². The van der Waals surface area contributed by atoms with E-state index in [1.165, 1.54) is 103 Å². The van der Waals surface area contributed by atoms with Gasteiger partial charge < -0.3 is 0 Å². The molecular formula is C37H82N4P+. The molecule has 0 saturated carbocycles. The fourth-order valence-electron chi connectivity index (χ4n) is 7.18. The van der Waals surface area contributed by atoms with Gasteiger partial charge in [0.15, 0.2) is 0 Å². The van der Waals surface area contributed by atoms with Crippen molar-refractivity contribution < 1.29 is 0 Å². The highest BCUT2D eigenvalue weighted by molar-refractivity contribution is 7.66. The molecule has 0 aliphatic rings. The van der Waals surface area contributed by atoms with E-state index in [1.807, 2.05) is 0 Å². The summed E-state index contributed by atoms with van der Waals surface area (Å²) in [4.78, 5) is 0. The second-order valence-corrected chi connectivity index (χ2v) is 21.7. The van der Waals surface area contributed by atoms with Crippen LogP contribution in [0.5, 0.6) is 0 Å². The van der Waals surface area contributed by atoms with Crippen LogP contribution >= 0.6 is 7.87 Å². The van der Waals surface area contributed by atoms with Gasteiger partial charge in [-0.25, -0.2) is 0 Å². The number of rotatable bonds is 23. The SMILES string of the molecule is CC(CCCCC(CCCC(C)(C)C)CN(C)[P+](N(C)C)(N(C)C)N(C)C)C(C)(C)CCCCCCCCC(C)(C)C. The molecule has 0 N–H and O–H groups in total. The topological polar surface area (TPSA) is 13.0 Å². The molecular weight excluding hydrogens is 531 g/mol. The fraction of sp³-hybridized carbons (Fsp3) is 1.00. The average Bonchev–Trinajstić information content (AvgIpc) is 2.81. The molecule has 0 rings (SSSR count). The molecule has 4 nitrogen and oxygen atoms in total. The van der Waals surface area contributed by atoms with E-state index in [4.69, 9.17) is 0 Å². The summed E-state index contributed by atoms with van der Waals surface area (Å²) in [7, 11) is 14.2. The first-order valence-corrected chi connectivity index (χ1v) is 19.4. The van der Waals surface area contributed by atoms with Crippen LogP contribution in [0.1, 0.15) is 159 Å². The van der Waals surface area contributed by atoms with Gasteiger partial charge in [-0.1, -0.05) is 127 Å². The Morgan fingerprint density at radius 2 is 0.857 bits per heavy atom. The summed E-state index contributed by atoms with van der Waals surface area (Å²) in [5.41, 5.74) is 1.39. The third kappa shape index (κ3) is 16.5. The Labute approximate surface area is 268 Å². The summed E-state index contributed by atoms with van der Waals surface area (Å²) >= 11 is 0. The molecule has 0 aliphatic carbocycles. The summed E-state index contributed by atoms with van der Waals surface area (Å²) in [6.45, 7) is 23.1. The summed E-state index contributed by atoms with van der Waals surface area (Å²) in [6.07, 6.45) is 20.8. The van der Waals surface area contributed by atoms with Gasteiger partial charge in [-0.15, -0.1) is 18.7 Å². The first-order chi connectivity index (χ1) is 19.2. The number of nitrogens with zero attached hydrogens (tertiary/aromatic N) is 4. The molecule has 0 amide bonds. The first kappa shape index (κ1) is 42.3. The van der Waals surface area contributed by atoms with Gasteiger partial charge in [0, 0.05) is 55.9 Å². The molecule has 0 heterocycles. The monoisotopic (exact) mass is 614 g/mol. The van der Waals surface area contributed by atoms with Crippen LogP contribution in [0.3, 0.4) is 0 Å². The van der Waals surface area contributed by atoms with E-state index in [9.17, 15) is 0 Å². The van der Waals surface area contributed by atoms with Crippen LogP contribution in [0.4, 0.5) is 0 Å². The minimum atomic E-state index is -1.69. The zero-order valence-electron chi connectivity index (χ0n) is 32.2. The quantitative estimate of drug-likeness (QED) is 0.0839. The number of hydrogen-bond acceptors (Lipinski definition) is 4. The molecule has 0 aromatic rings. The molecule has 2 unspecified atom stereocenters. The van der Waals surface area contributed by atoms with Crippen LogP contribution in [0, 0.1) is 28.1 Å². The molecule has 0 aliphatic heterocycles. The predicted molar refractivity (Wildman–Crippen MR) is 195 cm³/mol. The van der Waals surface area contributed by atoms with Gasteiger partial charge in [0.25, 0.3) is 0 Å². The lowest BCUT2D eigenvalue weighted by Gasteiger charge is -2.45. The smallest absolute Gasteiger partial charge is 0.139 e. The minimum Gasteiger partial charge on any atom is -0.139 e. The Morgan fingerprint density at radius 1 is 0.476 bits per heavy atom. The molecule has 0 radical (unpaired) electrons. The molecule has 0 bridgehead atoms. The van der Waals surface area contributed by atoms with Gasteiger partial charge in [-0.3, -0.25) is 0 Å². The van der Waals surface area contributed by atoms with E-state index in [1.54, 1.807) is 0 Å². The van der Waals surface area contributed by atoms with Crippen molar-refractivity contribution in [3.05, 3.63) is 0 Å². The standard InChI is InChI=1S/C37H82N4P/c1-33(37(8,9)31-24-20-18-17-19-23-29-35(2,3)4)26-21-22-27-34(28-25-30-36(5,6)7)32-41(16)42(38(10)11,39(12)13)40(14)15/h33-34H,17-32H2,1-16H3/q+1. The van der Waals surface area contributed by atoms with E-state index in [-0.39, 0.29) is 0 Å². The maximum Gasteiger partial charge on any atom is 0.306 e. The molecule has 0 saturated heterocycles. The molecule has 0 aromatic heterocycles. The molecule has 254 valence electrons. The lowest BCUT2D eigenvalue weighted by Crippen LogP contribution is -2.46. The number of unbranched alkanes of at least 4 members (excludes halogenated alkanes) is 6. The number of hydrogen-bond donors (Lipinski definition) is 0. The highest BCUT2D eigenvalue weighted by Gasteiger charge is 2.52. The van der Waals surface area contributed by atoms with Crippen LogP contribution in [-0.4, -0.2) is 74.6 Å². The van der Waals surface area contributed by atoms with E-state index in [2.05, 4.69) is 130 Å². The summed E-state index contributed by atoms with van der Waals surface area (Å²) in [5.74, 6) is 1.57. The molecule has 0 spiro atoms. The molecule has 5 heteroatoms. The van der Waals surface area contributed by atoms with Crippen molar-refractivity contribution in [3.8, 4) is 0 Å². The molecule has 2 atom stereocenters. The second-order valence-electron chi connectivity index (χ2n) is 17.6. The van der Waals surface area contributed by atoms with Crippen LogP contribution in [0.25, 0.3) is 0 Å². The Hall–Kier alpha value is 0.270. The lowest BCUT2D eigenvalue weighted by atomic mass is 9.73. The van der Waals surface area contributed by atoms with Crippen molar-refractivity contribution >= 4 is 7.87 Å². The van der Waals surface area contributed by atoms with E-state index in [0.717, 1.165) is 11.8 Å². The highest BCUT2D eigenvalue weighted by Crippen LogP contribution is 2.65. The average molecular weight is 614 g/mol. The minimum absolute atomic E-state index is 0.428. The van der Waals surface area contributed by atoms with Gasteiger partial charge in [-0.05, 0) is 60.2 Å². The van der Waals surface area contributed by atoms with Gasteiger partial charge in [0.2, 0.25) is 0 Å². The van der Waals surface area contributed by atoms with E-state index in [0.29, 0.717) is 16.2 Å². The Balaban J connectivity index is 4.86. The molecule has 0 aromatic carbocycles. The van der Waals surface area contributed by atoms with Gasteiger partial charge >= 0.3 is 7.87 Å². The zero-order chi connectivity index (χ0) is 32.8. The summed E-state index contributed by atoms with van der Waals surface area (Å²) in [5, 5.41) is 0. The Bertz CT molecular complexity index is 652. The normalized spacial score (nSPS) is 15.4. The van der Waals surface area contributed by atoms with Crippen molar-refractivity contribution in [1.29, 1.82) is 0 Å². The highest BCUT2D eigenvalue weighted by atomic mass is 31.2. The molecule has 42 heavy (non-hydrogen) atoms. The van der Waals surface area contributed by atoms with Crippen molar-refractivity contribution in [2.75, 3.05) is 55.9 Å². The third-order valence-electron chi connectivity index (χ3n) is 9.96. The van der Waals surface area contributed by atoms with E-state index >= 15 is 0 Å². The predicted octanol–water partition coefficient (Wildman–Crippen LogP) is 11.5. The van der Waals surface area contributed by atoms with Crippen molar-refractivity contribution in [2.45, 2.75) is 159 Å². The van der Waals surface area contributed by atoms with Crippen molar-refractivity contribution in [1.82, 2.24) is 18.7 Å². The largest absolute Gasteiger partial charge is 0.306 e.